The van der Waals surface area contributed by atoms with Crippen LogP contribution >= 0.6 is 11.3 Å². The number of aliphatic hydroxyl groups excluding tert-OH is 1. The third kappa shape index (κ3) is 4.10. The normalized spacial score (nSPS) is 16.8. The summed E-state index contributed by atoms with van der Waals surface area (Å²) in [5.41, 5.74) is 2.98. The SMILES string of the molecule is N#CCn1cc(-c2cc3nc(N4CCC(CO)CC4)nc(Nc4cc(C5CC5)[nH]n4)c3s2)cn1. The van der Waals surface area contributed by atoms with Crippen LogP contribution in [0.25, 0.3) is 20.7 Å². The molecule has 1 aliphatic carbocycles. The molecule has 5 heterocycles. The average molecular weight is 476 g/mol. The van der Waals surface area contributed by atoms with E-state index in [2.05, 4.69) is 43.7 Å². The number of nitrogens with zero attached hydrogens (tertiary/aromatic N) is 7. The lowest BCUT2D eigenvalue weighted by atomic mass is 9.98. The molecule has 0 spiro atoms. The van der Waals surface area contributed by atoms with E-state index in [0.717, 1.165) is 63.9 Å². The third-order valence-electron chi connectivity index (χ3n) is 6.53. The molecule has 4 aromatic rings. The van der Waals surface area contributed by atoms with Gasteiger partial charge < -0.3 is 15.3 Å². The van der Waals surface area contributed by atoms with E-state index < -0.39 is 0 Å². The van der Waals surface area contributed by atoms with Crippen LogP contribution in [0.3, 0.4) is 0 Å². The first-order valence-electron chi connectivity index (χ1n) is 11.6. The molecule has 10 nitrogen and oxygen atoms in total. The van der Waals surface area contributed by atoms with E-state index in [4.69, 9.17) is 15.2 Å². The van der Waals surface area contributed by atoms with Gasteiger partial charge in [-0.1, -0.05) is 0 Å². The van der Waals surface area contributed by atoms with Crippen molar-refractivity contribution in [3.8, 4) is 16.5 Å². The molecule has 1 saturated carbocycles. The number of nitriles is 1. The highest BCUT2D eigenvalue weighted by Crippen LogP contribution is 2.41. The minimum absolute atomic E-state index is 0.216. The van der Waals surface area contributed by atoms with Gasteiger partial charge in [0.2, 0.25) is 5.95 Å². The minimum atomic E-state index is 0.216. The Hall–Kier alpha value is -3.49. The van der Waals surface area contributed by atoms with Crippen molar-refractivity contribution in [1.29, 1.82) is 5.26 Å². The van der Waals surface area contributed by atoms with Crippen LogP contribution in [0.5, 0.6) is 0 Å². The summed E-state index contributed by atoms with van der Waals surface area (Å²) in [6.07, 6.45) is 7.93. The zero-order valence-electron chi connectivity index (χ0n) is 18.6. The van der Waals surface area contributed by atoms with Gasteiger partial charge in [-0.25, -0.2) is 4.98 Å². The highest BCUT2D eigenvalue weighted by molar-refractivity contribution is 7.22. The predicted molar refractivity (Wildman–Crippen MR) is 130 cm³/mol. The monoisotopic (exact) mass is 475 g/mol. The molecule has 0 amide bonds. The topological polar surface area (TPSA) is 132 Å². The van der Waals surface area contributed by atoms with Crippen molar-refractivity contribution in [2.24, 2.45) is 5.92 Å². The van der Waals surface area contributed by atoms with Gasteiger partial charge in [-0.15, -0.1) is 11.3 Å². The molecule has 0 aromatic carbocycles. The number of hydrogen-bond donors (Lipinski definition) is 3. The Balaban J connectivity index is 1.37. The molecule has 6 rings (SSSR count). The number of anilines is 3. The molecule has 3 N–H and O–H groups in total. The van der Waals surface area contributed by atoms with Crippen LogP contribution in [0.1, 0.15) is 37.3 Å². The fourth-order valence-corrected chi connectivity index (χ4v) is 5.39. The highest BCUT2D eigenvalue weighted by Gasteiger charge is 2.26. The van der Waals surface area contributed by atoms with Gasteiger partial charge >= 0.3 is 0 Å². The van der Waals surface area contributed by atoms with Crippen molar-refractivity contribution in [3.05, 3.63) is 30.2 Å². The Kier molecular flexibility index (Phi) is 5.39. The van der Waals surface area contributed by atoms with Gasteiger partial charge in [0.25, 0.3) is 0 Å². The lowest BCUT2D eigenvalue weighted by Gasteiger charge is -2.31. The van der Waals surface area contributed by atoms with Gasteiger partial charge in [-0.05, 0) is 37.7 Å². The Bertz CT molecular complexity index is 1350. The lowest BCUT2D eigenvalue weighted by molar-refractivity contribution is 0.202. The number of nitrogens with one attached hydrogen (secondary N) is 2. The summed E-state index contributed by atoms with van der Waals surface area (Å²) in [5.74, 6) is 3.12. The second-order valence-corrected chi connectivity index (χ2v) is 10.1. The molecule has 34 heavy (non-hydrogen) atoms. The van der Waals surface area contributed by atoms with E-state index in [0.29, 0.717) is 17.8 Å². The van der Waals surface area contributed by atoms with Crippen LogP contribution < -0.4 is 10.2 Å². The number of fused-ring (bicyclic) bond motifs is 1. The standard InChI is InChI=1S/C23H25N9OS/c24-5-8-32-12-16(11-25-32)19-9-18-21(34-19)22(27-20-10-17(29-30-20)15-1-2-15)28-23(26-18)31-6-3-14(13-33)4-7-31/h9-12,14-15,33H,1-4,6-8,13H2,(H2,26,27,28,29,30). The maximum absolute atomic E-state index is 9.50. The predicted octanol–water partition coefficient (Wildman–Crippen LogP) is 3.63. The van der Waals surface area contributed by atoms with Crippen molar-refractivity contribution < 1.29 is 5.11 Å². The van der Waals surface area contributed by atoms with Crippen molar-refractivity contribution >= 4 is 39.1 Å². The summed E-state index contributed by atoms with van der Waals surface area (Å²) in [5, 5.41) is 33.8. The van der Waals surface area contributed by atoms with Crippen LogP contribution in [-0.4, -0.2) is 54.7 Å². The molecular weight excluding hydrogens is 450 g/mol. The molecule has 4 aromatic heterocycles. The van der Waals surface area contributed by atoms with E-state index in [9.17, 15) is 5.11 Å². The highest BCUT2D eigenvalue weighted by atomic mass is 32.1. The number of aliphatic hydroxyl groups is 1. The Morgan fingerprint density at radius 1 is 1.21 bits per heavy atom. The van der Waals surface area contributed by atoms with Crippen LogP contribution in [0.4, 0.5) is 17.6 Å². The third-order valence-corrected chi connectivity index (χ3v) is 7.71. The van der Waals surface area contributed by atoms with Crippen LogP contribution in [0.15, 0.2) is 24.5 Å². The van der Waals surface area contributed by atoms with Crippen molar-refractivity contribution in [1.82, 2.24) is 29.9 Å². The Morgan fingerprint density at radius 3 is 2.82 bits per heavy atom. The molecule has 0 bridgehead atoms. The molecule has 174 valence electrons. The number of piperidine rings is 1. The van der Waals surface area contributed by atoms with Crippen LogP contribution in [0.2, 0.25) is 0 Å². The number of thiophene rings is 1. The number of rotatable bonds is 7. The number of aromatic nitrogens is 6. The Labute approximate surface area is 200 Å². The van der Waals surface area contributed by atoms with Crippen molar-refractivity contribution in [3.63, 3.8) is 0 Å². The summed E-state index contributed by atoms with van der Waals surface area (Å²) in [6.45, 7) is 2.09. The van der Waals surface area contributed by atoms with E-state index in [1.807, 2.05) is 6.20 Å². The fraction of sp³-hybridized carbons (Fsp3) is 0.435. The van der Waals surface area contributed by atoms with Gasteiger partial charge in [0.05, 0.1) is 22.5 Å². The maximum atomic E-state index is 9.50. The van der Waals surface area contributed by atoms with Crippen LogP contribution in [0, 0.1) is 17.2 Å². The first-order valence-corrected chi connectivity index (χ1v) is 12.4. The molecule has 2 aliphatic rings. The van der Waals surface area contributed by atoms with E-state index >= 15 is 0 Å². The average Bonchev–Trinajstić information content (AvgIpc) is 3.22. The summed E-state index contributed by atoms with van der Waals surface area (Å²) in [6, 6.07) is 6.25. The first kappa shape index (κ1) is 21.1. The first-order chi connectivity index (χ1) is 16.7. The van der Waals surface area contributed by atoms with E-state index in [1.54, 1.807) is 22.2 Å². The molecule has 1 aliphatic heterocycles. The van der Waals surface area contributed by atoms with Gasteiger partial charge in [0.1, 0.15) is 6.54 Å². The summed E-state index contributed by atoms with van der Waals surface area (Å²) < 4.78 is 2.58. The number of H-pyrrole nitrogens is 1. The molecule has 1 saturated heterocycles. The molecule has 0 unspecified atom stereocenters. The quantitative estimate of drug-likeness (QED) is 0.369. The molecule has 0 radical (unpaired) electrons. The van der Waals surface area contributed by atoms with Gasteiger partial charge in [-0.2, -0.15) is 20.4 Å². The van der Waals surface area contributed by atoms with Crippen LogP contribution in [-0.2, 0) is 6.54 Å². The van der Waals surface area contributed by atoms with E-state index in [1.165, 1.54) is 12.8 Å². The molecule has 11 heteroatoms. The van der Waals surface area contributed by atoms with Gasteiger partial charge in [-0.3, -0.25) is 9.78 Å². The van der Waals surface area contributed by atoms with E-state index in [-0.39, 0.29) is 13.2 Å². The van der Waals surface area contributed by atoms with Crippen molar-refractivity contribution in [2.45, 2.75) is 38.1 Å². The molecular formula is C23H25N9OS. The smallest absolute Gasteiger partial charge is 0.227 e. The minimum Gasteiger partial charge on any atom is -0.396 e. The summed E-state index contributed by atoms with van der Waals surface area (Å²) >= 11 is 1.60. The molecule has 2 fully saturated rings. The second kappa shape index (κ2) is 8.70. The number of hydrogen-bond acceptors (Lipinski definition) is 9. The number of aromatic amines is 1. The Morgan fingerprint density at radius 2 is 2.06 bits per heavy atom. The lowest BCUT2D eigenvalue weighted by Crippen LogP contribution is -2.35. The second-order valence-electron chi connectivity index (χ2n) is 9.00. The van der Waals surface area contributed by atoms with Crippen molar-refractivity contribution in [2.75, 3.05) is 29.9 Å². The largest absolute Gasteiger partial charge is 0.396 e. The summed E-state index contributed by atoms with van der Waals surface area (Å²) in [7, 11) is 0. The van der Waals surface area contributed by atoms with Gasteiger partial charge in [0.15, 0.2) is 11.6 Å². The summed E-state index contributed by atoms with van der Waals surface area (Å²) in [4.78, 5) is 13.0. The van der Waals surface area contributed by atoms with Gasteiger partial charge in [0, 0.05) is 54.0 Å². The zero-order chi connectivity index (χ0) is 23.1. The zero-order valence-corrected chi connectivity index (χ0v) is 19.4. The molecule has 0 atom stereocenters. The fourth-order valence-electron chi connectivity index (χ4n) is 4.38. The maximum Gasteiger partial charge on any atom is 0.227 e.